The van der Waals surface area contributed by atoms with Gasteiger partial charge in [0.15, 0.2) is 0 Å². The summed E-state index contributed by atoms with van der Waals surface area (Å²) in [5.74, 6) is -6.08. The van der Waals surface area contributed by atoms with E-state index in [9.17, 15) is 22.4 Å². The van der Waals surface area contributed by atoms with Gasteiger partial charge < -0.3 is 4.74 Å². The van der Waals surface area contributed by atoms with Gasteiger partial charge in [0, 0.05) is 13.3 Å². The largest absolute Gasteiger partial charge is 0.465 e. The van der Waals surface area contributed by atoms with Crippen molar-refractivity contribution in [2.24, 2.45) is 23.2 Å². The lowest BCUT2D eigenvalue weighted by Crippen LogP contribution is -2.50. The van der Waals surface area contributed by atoms with E-state index in [0.717, 1.165) is 19.3 Å². The first-order valence-corrected chi connectivity index (χ1v) is 9.54. The maximum absolute atomic E-state index is 13.2. The first kappa shape index (κ1) is 19.0. The second-order valence-corrected chi connectivity index (χ2v) is 8.74. The Labute approximate surface area is 146 Å². The predicted molar refractivity (Wildman–Crippen MR) is 85.6 cm³/mol. The van der Waals surface area contributed by atoms with Crippen molar-refractivity contribution in [1.82, 2.24) is 0 Å². The molecule has 0 heterocycles. The van der Waals surface area contributed by atoms with E-state index in [1.165, 1.54) is 19.3 Å². The molecule has 4 aliphatic carbocycles. The van der Waals surface area contributed by atoms with Crippen LogP contribution in [0.3, 0.4) is 0 Å². The second-order valence-electron chi connectivity index (χ2n) is 8.74. The van der Waals surface area contributed by atoms with Crippen LogP contribution >= 0.6 is 0 Å². The van der Waals surface area contributed by atoms with Gasteiger partial charge in [-0.05, 0) is 75.5 Å². The lowest BCUT2D eigenvalue weighted by molar-refractivity contribution is -0.201. The minimum Gasteiger partial charge on any atom is -0.465 e. The van der Waals surface area contributed by atoms with Crippen molar-refractivity contribution in [2.75, 3.05) is 6.61 Å². The summed E-state index contributed by atoms with van der Waals surface area (Å²) in [5, 5.41) is 0. The fourth-order valence-electron chi connectivity index (χ4n) is 5.52. The summed E-state index contributed by atoms with van der Waals surface area (Å²) in [5.41, 5.74) is -0.300. The fourth-order valence-corrected chi connectivity index (χ4v) is 5.52. The van der Waals surface area contributed by atoms with Gasteiger partial charge in [-0.1, -0.05) is 0 Å². The topological polar surface area (TPSA) is 26.3 Å². The molecule has 25 heavy (non-hydrogen) atoms. The summed E-state index contributed by atoms with van der Waals surface area (Å²) in [6.07, 6.45) is 6.56. The molecule has 0 saturated heterocycles. The second kappa shape index (κ2) is 6.73. The van der Waals surface area contributed by atoms with Crippen LogP contribution in [0.25, 0.3) is 0 Å². The highest BCUT2D eigenvalue weighted by atomic mass is 19.3. The van der Waals surface area contributed by atoms with E-state index >= 15 is 0 Å². The fraction of sp³-hybridized carbons (Fsp3) is 0.947. The number of unbranched alkanes of at least 4 members (excludes halogenated alkanes) is 2. The lowest BCUT2D eigenvalue weighted by atomic mass is 9.49. The zero-order valence-corrected chi connectivity index (χ0v) is 14.8. The molecule has 0 amide bonds. The molecule has 4 rings (SSSR count). The molecule has 0 aromatic rings. The molecule has 0 N–H and O–H groups in total. The number of alkyl halides is 4. The number of carbonyl (C=O) groups is 1. The molecule has 0 spiro atoms. The van der Waals surface area contributed by atoms with Gasteiger partial charge in [0.05, 0.1) is 12.0 Å². The third kappa shape index (κ3) is 3.97. The lowest BCUT2D eigenvalue weighted by Gasteiger charge is -2.55. The van der Waals surface area contributed by atoms with Crippen molar-refractivity contribution in [3.05, 3.63) is 0 Å². The molecule has 4 saturated carbocycles. The summed E-state index contributed by atoms with van der Waals surface area (Å²) >= 11 is 0. The van der Waals surface area contributed by atoms with Gasteiger partial charge in [-0.3, -0.25) is 4.79 Å². The minimum atomic E-state index is -3.99. The van der Waals surface area contributed by atoms with E-state index in [1.807, 2.05) is 0 Å². The molecule has 4 bridgehead atoms. The zero-order valence-electron chi connectivity index (χ0n) is 14.8. The maximum atomic E-state index is 13.2. The van der Waals surface area contributed by atoms with Gasteiger partial charge in [0.2, 0.25) is 0 Å². The Kier molecular flexibility index (Phi) is 5.11. The molecule has 0 aromatic heterocycles. The summed E-state index contributed by atoms with van der Waals surface area (Å²) in [4.78, 5) is 12.6. The van der Waals surface area contributed by atoms with Crippen LogP contribution in [0.15, 0.2) is 0 Å². The Balaban J connectivity index is 1.36. The molecule has 6 heteroatoms. The summed E-state index contributed by atoms with van der Waals surface area (Å²) < 4.78 is 57.2. The van der Waals surface area contributed by atoms with Gasteiger partial charge in [-0.15, -0.1) is 0 Å². The van der Waals surface area contributed by atoms with Gasteiger partial charge >= 0.3 is 17.8 Å². The predicted octanol–water partition coefficient (Wildman–Crippen LogP) is 5.60. The highest BCUT2D eigenvalue weighted by Gasteiger charge is 2.55. The van der Waals surface area contributed by atoms with Crippen LogP contribution in [0.4, 0.5) is 17.6 Å². The molecule has 0 atom stereocenters. The van der Waals surface area contributed by atoms with E-state index in [0.29, 0.717) is 30.6 Å². The minimum absolute atomic E-state index is 0.00530. The van der Waals surface area contributed by atoms with E-state index in [1.54, 1.807) is 0 Å². The van der Waals surface area contributed by atoms with Crippen LogP contribution in [0.5, 0.6) is 0 Å². The van der Waals surface area contributed by atoms with Gasteiger partial charge in [0.25, 0.3) is 0 Å². The molecule has 0 radical (unpaired) electrons. The maximum Gasteiger partial charge on any atom is 0.312 e. The van der Waals surface area contributed by atoms with Crippen molar-refractivity contribution < 1.29 is 27.1 Å². The summed E-state index contributed by atoms with van der Waals surface area (Å²) in [6.45, 7) is 0.453. The first-order chi connectivity index (χ1) is 11.6. The Morgan fingerprint density at radius 1 is 0.960 bits per heavy atom. The highest BCUT2D eigenvalue weighted by Crippen LogP contribution is 2.60. The van der Waals surface area contributed by atoms with Crippen molar-refractivity contribution in [3.8, 4) is 0 Å². The standard InChI is InChI=1S/C19H28F4O2/c1-17(20,21)19(22,23)5-3-2-4-6-25-16(24)18-10-13-7-14(11-18)9-15(8-13)12-18/h13-15H,2-12H2,1H3. The normalized spacial score (nSPS) is 34.4. The van der Waals surface area contributed by atoms with Gasteiger partial charge in [0.1, 0.15) is 0 Å². The Morgan fingerprint density at radius 2 is 1.48 bits per heavy atom. The Morgan fingerprint density at radius 3 is 1.96 bits per heavy atom. The van der Waals surface area contributed by atoms with Crippen LogP contribution in [0.2, 0.25) is 0 Å². The number of hydrogen-bond acceptors (Lipinski definition) is 2. The monoisotopic (exact) mass is 364 g/mol. The van der Waals surface area contributed by atoms with Gasteiger partial charge in [-0.2, -0.15) is 8.78 Å². The molecule has 4 aliphatic rings. The smallest absolute Gasteiger partial charge is 0.312 e. The van der Waals surface area contributed by atoms with E-state index in [4.69, 9.17) is 4.74 Å². The summed E-state index contributed by atoms with van der Waals surface area (Å²) in [7, 11) is 0. The highest BCUT2D eigenvalue weighted by molar-refractivity contribution is 5.77. The molecule has 0 aromatic carbocycles. The Hall–Kier alpha value is -0.810. The molecule has 144 valence electrons. The number of ether oxygens (including phenoxy) is 1. The number of esters is 1. The molecule has 4 fully saturated rings. The molecule has 0 aliphatic heterocycles. The van der Waals surface area contributed by atoms with Crippen LogP contribution < -0.4 is 0 Å². The molecular formula is C19H28F4O2. The average molecular weight is 364 g/mol. The number of hydrogen-bond donors (Lipinski definition) is 0. The van der Waals surface area contributed by atoms with E-state index in [2.05, 4.69) is 0 Å². The summed E-state index contributed by atoms with van der Waals surface area (Å²) in [6, 6.07) is 0. The van der Waals surface area contributed by atoms with Crippen molar-refractivity contribution >= 4 is 5.97 Å². The average Bonchev–Trinajstić information content (AvgIpc) is 2.48. The quantitative estimate of drug-likeness (QED) is 0.318. The van der Waals surface area contributed by atoms with E-state index < -0.39 is 18.3 Å². The number of halogens is 4. The van der Waals surface area contributed by atoms with Crippen molar-refractivity contribution in [3.63, 3.8) is 0 Å². The number of rotatable bonds is 8. The first-order valence-electron chi connectivity index (χ1n) is 9.54. The van der Waals surface area contributed by atoms with Crippen molar-refractivity contribution in [1.29, 1.82) is 0 Å². The van der Waals surface area contributed by atoms with Crippen molar-refractivity contribution in [2.45, 2.75) is 83.0 Å². The third-order valence-electron chi connectivity index (χ3n) is 6.48. The number of carbonyl (C=O) groups excluding carboxylic acids is 1. The van der Waals surface area contributed by atoms with Gasteiger partial charge in [-0.25, -0.2) is 8.78 Å². The Bertz CT molecular complexity index is 463. The SMILES string of the molecule is CC(F)(F)C(F)(F)CCCCCOC(=O)C12CC3CC(CC(C3)C1)C2. The molecular weight excluding hydrogens is 336 g/mol. The van der Waals surface area contributed by atoms with Crippen LogP contribution in [0, 0.1) is 23.2 Å². The van der Waals surface area contributed by atoms with Crippen LogP contribution in [-0.4, -0.2) is 24.4 Å². The van der Waals surface area contributed by atoms with Crippen LogP contribution in [-0.2, 0) is 9.53 Å². The molecule has 2 nitrogen and oxygen atoms in total. The van der Waals surface area contributed by atoms with E-state index in [-0.39, 0.29) is 31.3 Å². The van der Waals surface area contributed by atoms with Crippen LogP contribution in [0.1, 0.15) is 71.1 Å². The third-order valence-corrected chi connectivity index (χ3v) is 6.48. The molecule has 0 unspecified atom stereocenters. The zero-order chi connectivity index (χ0) is 18.3.